The molecule has 34 heavy (non-hydrogen) atoms. The van der Waals surface area contributed by atoms with E-state index in [1.54, 1.807) is 18.3 Å². The lowest BCUT2D eigenvalue weighted by molar-refractivity contribution is 0.509. The number of fused-ring (bicyclic) bond motifs is 2. The minimum atomic E-state index is -1.09. The van der Waals surface area contributed by atoms with Crippen molar-refractivity contribution in [3.63, 3.8) is 0 Å². The molecule has 0 aliphatic rings. The van der Waals surface area contributed by atoms with E-state index in [4.69, 9.17) is 16.9 Å². The molecule has 0 aliphatic heterocycles. The van der Waals surface area contributed by atoms with Crippen molar-refractivity contribution in [1.82, 2.24) is 14.1 Å². The molecule has 3 aromatic heterocycles. The first kappa shape index (κ1) is 21.9. The molecular formula is C24H13ClF2N4O2S. The van der Waals surface area contributed by atoms with Crippen molar-refractivity contribution >= 4 is 43.9 Å². The van der Waals surface area contributed by atoms with E-state index in [1.807, 2.05) is 18.2 Å². The molecular weight excluding hydrogens is 482 g/mol. The van der Waals surface area contributed by atoms with Crippen LogP contribution in [0.3, 0.4) is 0 Å². The number of halogens is 3. The number of pyridine rings is 1. The molecule has 0 saturated carbocycles. The molecule has 0 N–H and O–H groups in total. The zero-order valence-corrected chi connectivity index (χ0v) is 18.8. The number of nitriles is 1. The smallest absolute Gasteiger partial charge is 0.291 e. The van der Waals surface area contributed by atoms with Gasteiger partial charge in [0.25, 0.3) is 5.56 Å². The van der Waals surface area contributed by atoms with Crippen LogP contribution in [0.2, 0.25) is 5.02 Å². The summed E-state index contributed by atoms with van der Waals surface area (Å²) in [5.41, 5.74) is -0.427. The molecule has 3 heterocycles. The number of hydrogen-bond donors (Lipinski definition) is 0. The highest BCUT2D eigenvalue weighted by Crippen LogP contribution is 2.37. The van der Waals surface area contributed by atoms with E-state index in [-0.39, 0.29) is 33.8 Å². The Balaban J connectivity index is 1.86. The third-order valence-corrected chi connectivity index (χ3v) is 6.89. The molecule has 0 fully saturated rings. The van der Waals surface area contributed by atoms with Crippen LogP contribution in [0.25, 0.3) is 37.1 Å². The second kappa shape index (κ2) is 8.48. The summed E-state index contributed by atoms with van der Waals surface area (Å²) >= 11 is 7.15. The zero-order chi connectivity index (χ0) is 24.0. The molecule has 0 aliphatic carbocycles. The van der Waals surface area contributed by atoms with Crippen molar-refractivity contribution in [2.24, 2.45) is 0 Å². The lowest BCUT2D eigenvalue weighted by atomic mass is 10.1. The Bertz CT molecular complexity index is 1760. The van der Waals surface area contributed by atoms with Gasteiger partial charge in [-0.05, 0) is 18.2 Å². The number of rotatable bonds is 4. The molecule has 5 rings (SSSR count). The van der Waals surface area contributed by atoms with Crippen LogP contribution in [0.5, 0.6) is 0 Å². The molecule has 5 aromatic rings. The van der Waals surface area contributed by atoms with Gasteiger partial charge in [-0.2, -0.15) is 5.26 Å². The van der Waals surface area contributed by atoms with Gasteiger partial charge in [0, 0.05) is 34.0 Å². The first-order chi connectivity index (χ1) is 16.4. The molecule has 0 bridgehead atoms. The summed E-state index contributed by atoms with van der Waals surface area (Å²) in [5.74, 6) is -2.18. The Hall–Kier alpha value is -3.87. The maximum atomic E-state index is 13.9. The van der Waals surface area contributed by atoms with Crippen molar-refractivity contribution < 1.29 is 8.78 Å². The molecule has 2 aromatic carbocycles. The van der Waals surface area contributed by atoms with Gasteiger partial charge in [0.05, 0.1) is 34.9 Å². The Morgan fingerprint density at radius 1 is 1.09 bits per heavy atom. The second-order valence-electron chi connectivity index (χ2n) is 7.43. The third kappa shape index (κ3) is 3.48. The van der Waals surface area contributed by atoms with Crippen LogP contribution in [0, 0.1) is 23.0 Å². The maximum absolute atomic E-state index is 13.9. The predicted molar refractivity (Wildman–Crippen MR) is 128 cm³/mol. The summed E-state index contributed by atoms with van der Waals surface area (Å²) in [6.45, 7) is 0.0337. The summed E-state index contributed by atoms with van der Waals surface area (Å²) < 4.78 is 30.1. The van der Waals surface area contributed by atoms with E-state index in [0.717, 1.165) is 33.4 Å². The fourth-order valence-corrected chi connectivity index (χ4v) is 5.29. The normalized spacial score (nSPS) is 11.2. The molecule has 10 heteroatoms. The van der Waals surface area contributed by atoms with Crippen molar-refractivity contribution in [2.45, 2.75) is 13.0 Å². The molecule has 0 amide bonds. The highest BCUT2D eigenvalue weighted by atomic mass is 35.5. The monoisotopic (exact) mass is 494 g/mol. The van der Waals surface area contributed by atoms with Gasteiger partial charge in [-0.1, -0.05) is 35.9 Å². The molecule has 0 atom stereocenters. The predicted octanol–water partition coefficient (Wildman–Crippen LogP) is 5.27. The lowest BCUT2D eigenvalue weighted by Crippen LogP contribution is -2.38. The van der Waals surface area contributed by atoms with Crippen LogP contribution in [0.1, 0.15) is 6.42 Å². The molecule has 0 saturated heterocycles. The van der Waals surface area contributed by atoms with E-state index in [1.165, 1.54) is 16.8 Å². The van der Waals surface area contributed by atoms with Crippen molar-refractivity contribution in [3.8, 4) is 22.2 Å². The van der Waals surface area contributed by atoms with Gasteiger partial charge >= 0.3 is 5.69 Å². The summed E-state index contributed by atoms with van der Waals surface area (Å²) in [6.07, 6.45) is 3.09. The fourth-order valence-electron chi connectivity index (χ4n) is 3.86. The highest BCUT2D eigenvalue weighted by molar-refractivity contribution is 7.22. The van der Waals surface area contributed by atoms with Gasteiger partial charge in [-0.15, -0.1) is 11.3 Å². The van der Waals surface area contributed by atoms with Gasteiger partial charge in [-0.3, -0.25) is 14.3 Å². The van der Waals surface area contributed by atoms with Crippen LogP contribution < -0.4 is 11.2 Å². The maximum Gasteiger partial charge on any atom is 0.336 e. The van der Waals surface area contributed by atoms with Crippen LogP contribution in [-0.4, -0.2) is 14.1 Å². The topological polar surface area (TPSA) is 80.7 Å². The van der Waals surface area contributed by atoms with Gasteiger partial charge in [0.15, 0.2) is 11.6 Å². The van der Waals surface area contributed by atoms with Crippen molar-refractivity contribution in [1.29, 1.82) is 5.26 Å². The number of aryl methyl sites for hydroxylation is 1. The Morgan fingerprint density at radius 3 is 2.65 bits per heavy atom. The Kier molecular flexibility index (Phi) is 5.48. The minimum absolute atomic E-state index is 0.0259. The van der Waals surface area contributed by atoms with E-state index >= 15 is 0 Å². The summed E-state index contributed by atoms with van der Waals surface area (Å²) in [5, 5.41) is 10.5. The summed E-state index contributed by atoms with van der Waals surface area (Å²) in [6, 6.07) is 12.6. The number of thiophene rings is 1. The van der Waals surface area contributed by atoms with Crippen LogP contribution in [-0.2, 0) is 6.54 Å². The van der Waals surface area contributed by atoms with E-state index < -0.39 is 22.9 Å². The average molecular weight is 495 g/mol. The minimum Gasteiger partial charge on any atom is -0.291 e. The third-order valence-electron chi connectivity index (χ3n) is 5.43. The molecule has 0 radical (unpaired) electrons. The van der Waals surface area contributed by atoms with Crippen LogP contribution in [0.4, 0.5) is 8.78 Å². The van der Waals surface area contributed by atoms with E-state index in [9.17, 15) is 18.4 Å². The second-order valence-corrected chi connectivity index (χ2v) is 8.89. The van der Waals surface area contributed by atoms with E-state index in [0.29, 0.717) is 16.0 Å². The van der Waals surface area contributed by atoms with Gasteiger partial charge in [0.1, 0.15) is 4.70 Å². The summed E-state index contributed by atoms with van der Waals surface area (Å²) in [4.78, 5) is 31.7. The van der Waals surface area contributed by atoms with Crippen molar-refractivity contribution in [2.75, 3.05) is 0 Å². The fraction of sp³-hybridized carbons (Fsp3) is 0.0833. The SMILES string of the molecule is N#CCCn1c(=O)n(-c2cncc3ccccc23)c(=O)c2sc(-c3cc(F)c(F)cc3Cl)cc21. The number of hydrogen-bond acceptors (Lipinski definition) is 5. The zero-order valence-electron chi connectivity index (χ0n) is 17.3. The standard InChI is InChI=1S/C24H13ClF2N4O2S/c25-16-9-18(27)17(26)8-15(16)21-10-19-22(34-21)23(32)31(24(33)30(19)7-3-6-28)20-12-29-11-13-4-1-2-5-14(13)20/h1-2,4-5,8-12H,3,7H2. The number of aromatic nitrogens is 3. The first-order valence-corrected chi connectivity index (χ1v) is 11.2. The van der Waals surface area contributed by atoms with Gasteiger partial charge in [-0.25, -0.2) is 18.1 Å². The molecule has 0 unspecified atom stereocenters. The Morgan fingerprint density at radius 2 is 1.85 bits per heavy atom. The average Bonchev–Trinajstić information content (AvgIpc) is 3.27. The highest BCUT2D eigenvalue weighted by Gasteiger charge is 2.21. The van der Waals surface area contributed by atoms with Crippen LogP contribution >= 0.6 is 22.9 Å². The first-order valence-electron chi connectivity index (χ1n) is 10.0. The number of benzene rings is 2. The summed E-state index contributed by atoms with van der Waals surface area (Å²) in [7, 11) is 0. The number of nitrogens with zero attached hydrogens (tertiary/aromatic N) is 4. The Labute approximate surface area is 199 Å². The molecule has 0 spiro atoms. The quantitative estimate of drug-likeness (QED) is 0.319. The van der Waals surface area contributed by atoms with E-state index in [2.05, 4.69) is 4.98 Å². The molecule has 168 valence electrons. The van der Waals surface area contributed by atoms with Crippen LogP contribution in [0.15, 0.2) is 64.4 Å². The van der Waals surface area contributed by atoms with Gasteiger partial charge < -0.3 is 0 Å². The lowest BCUT2D eigenvalue weighted by Gasteiger charge is -2.12. The van der Waals surface area contributed by atoms with Crippen molar-refractivity contribution in [3.05, 3.63) is 92.4 Å². The largest absolute Gasteiger partial charge is 0.336 e. The van der Waals surface area contributed by atoms with Gasteiger partial charge in [0.2, 0.25) is 0 Å². The molecule has 6 nitrogen and oxygen atoms in total.